The van der Waals surface area contributed by atoms with Gasteiger partial charge in [0.05, 0.1) is 0 Å². The molecule has 0 N–H and O–H groups in total. The van der Waals surface area contributed by atoms with Crippen LogP contribution in [0.1, 0.15) is 52.9 Å². The summed E-state index contributed by atoms with van der Waals surface area (Å²) in [7, 11) is 0. The van der Waals surface area contributed by atoms with E-state index in [2.05, 4.69) is 20.8 Å². The van der Waals surface area contributed by atoms with E-state index < -0.39 is 0 Å². The molecule has 1 aliphatic rings. The first-order valence-corrected chi connectivity index (χ1v) is 4.99. The summed E-state index contributed by atoms with van der Waals surface area (Å²) in [5.41, 5.74) is 0.181. The number of carbonyl (C=O) groups excluding carboxylic acids is 1. The van der Waals surface area contributed by atoms with Crippen LogP contribution in [0, 0.1) is 11.3 Å². The largest absolute Gasteiger partial charge is 0.300 e. The number of hydrogen-bond acceptors (Lipinski definition) is 1. The molecule has 12 heavy (non-hydrogen) atoms. The van der Waals surface area contributed by atoms with E-state index in [1.165, 1.54) is 19.3 Å². The zero-order valence-corrected chi connectivity index (χ0v) is 8.52. The Morgan fingerprint density at radius 2 is 1.92 bits per heavy atom. The molecule has 0 amide bonds. The molecule has 0 aromatic heterocycles. The highest BCUT2D eigenvalue weighted by molar-refractivity contribution is 5.79. The molecule has 0 atom stereocenters. The van der Waals surface area contributed by atoms with Crippen LogP contribution >= 0.6 is 0 Å². The highest BCUT2D eigenvalue weighted by atomic mass is 16.1. The van der Waals surface area contributed by atoms with Crippen molar-refractivity contribution in [3.8, 4) is 0 Å². The summed E-state index contributed by atoms with van der Waals surface area (Å²) in [6, 6.07) is 0. The first-order valence-electron chi connectivity index (χ1n) is 4.99. The Morgan fingerprint density at radius 3 is 2.25 bits per heavy atom. The van der Waals surface area contributed by atoms with Crippen molar-refractivity contribution in [2.45, 2.75) is 52.9 Å². The minimum atomic E-state index is 0.181. The summed E-state index contributed by atoms with van der Waals surface area (Å²) >= 11 is 0. The minimum absolute atomic E-state index is 0.181. The van der Waals surface area contributed by atoms with Crippen molar-refractivity contribution in [3.05, 3.63) is 0 Å². The lowest BCUT2D eigenvalue weighted by Crippen LogP contribution is -2.19. The molecular weight excluding hydrogens is 148 g/mol. The third-order valence-electron chi connectivity index (χ3n) is 2.47. The molecule has 0 radical (unpaired) electrons. The molecule has 1 heteroatoms. The number of rotatable bonds is 3. The van der Waals surface area contributed by atoms with Crippen LogP contribution in [0.5, 0.6) is 0 Å². The van der Waals surface area contributed by atoms with Gasteiger partial charge in [0.15, 0.2) is 0 Å². The zero-order chi connectivity index (χ0) is 9.19. The first-order chi connectivity index (χ1) is 5.47. The summed E-state index contributed by atoms with van der Waals surface area (Å²) < 4.78 is 0. The summed E-state index contributed by atoms with van der Waals surface area (Å²) in [5, 5.41) is 0. The molecule has 1 fully saturated rings. The smallest absolute Gasteiger partial charge is 0.133 e. The van der Waals surface area contributed by atoms with Gasteiger partial charge in [0.25, 0.3) is 0 Å². The lowest BCUT2D eigenvalue weighted by atomic mass is 9.79. The Balaban J connectivity index is 2.19. The van der Waals surface area contributed by atoms with E-state index in [1.807, 2.05) is 0 Å². The van der Waals surface area contributed by atoms with E-state index >= 15 is 0 Å². The van der Waals surface area contributed by atoms with Gasteiger partial charge in [0.2, 0.25) is 0 Å². The molecule has 70 valence electrons. The standard InChI is InChI=1S/C11H20O/c1-11(2,3)8-10(12)7-9-5-4-6-9/h9H,4-8H2,1-3H3. The first kappa shape index (κ1) is 9.76. The molecule has 0 bridgehead atoms. The molecule has 1 aliphatic carbocycles. The molecule has 1 nitrogen and oxygen atoms in total. The van der Waals surface area contributed by atoms with E-state index in [1.54, 1.807) is 0 Å². The van der Waals surface area contributed by atoms with Crippen LogP contribution in [0.4, 0.5) is 0 Å². The molecular formula is C11H20O. The van der Waals surface area contributed by atoms with Gasteiger partial charge < -0.3 is 0 Å². The summed E-state index contributed by atoms with van der Waals surface area (Å²) in [6.07, 6.45) is 5.51. The monoisotopic (exact) mass is 168 g/mol. The van der Waals surface area contributed by atoms with Gasteiger partial charge in [-0.05, 0) is 11.3 Å². The zero-order valence-electron chi connectivity index (χ0n) is 8.52. The third-order valence-corrected chi connectivity index (χ3v) is 2.47. The number of Topliss-reactive ketones (excluding diaryl/α,β-unsaturated/α-hetero) is 1. The predicted molar refractivity (Wildman–Crippen MR) is 51.0 cm³/mol. The molecule has 1 rings (SSSR count). The van der Waals surface area contributed by atoms with Crippen molar-refractivity contribution in [3.63, 3.8) is 0 Å². The molecule has 0 aliphatic heterocycles. The average Bonchev–Trinajstić information content (AvgIpc) is 1.74. The summed E-state index contributed by atoms with van der Waals surface area (Å²) in [4.78, 5) is 11.5. The molecule has 0 spiro atoms. The van der Waals surface area contributed by atoms with E-state index in [0.29, 0.717) is 5.78 Å². The second kappa shape index (κ2) is 3.59. The van der Waals surface area contributed by atoms with E-state index in [-0.39, 0.29) is 5.41 Å². The second-order valence-corrected chi connectivity index (χ2v) is 5.28. The quantitative estimate of drug-likeness (QED) is 0.632. The predicted octanol–water partition coefficient (Wildman–Crippen LogP) is 3.18. The molecule has 0 aromatic carbocycles. The van der Waals surface area contributed by atoms with Crippen molar-refractivity contribution in [1.82, 2.24) is 0 Å². The number of hydrogen-bond donors (Lipinski definition) is 0. The van der Waals surface area contributed by atoms with Gasteiger partial charge in [0, 0.05) is 12.8 Å². The third kappa shape index (κ3) is 3.38. The van der Waals surface area contributed by atoms with E-state index in [4.69, 9.17) is 0 Å². The number of carbonyl (C=O) groups is 1. The maximum atomic E-state index is 11.5. The maximum absolute atomic E-state index is 11.5. The van der Waals surface area contributed by atoms with Crippen molar-refractivity contribution >= 4 is 5.78 Å². The lowest BCUT2D eigenvalue weighted by Gasteiger charge is -2.26. The van der Waals surface area contributed by atoms with Crippen LogP contribution in [0.3, 0.4) is 0 Å². The molecule has 0 heterocycles. The van der Waals surface area contributed by atoms with Crippen molar-refractivity contribution in [2.24, 2.45) is 11.3 Å². The number of ketones is 1. The van der Waals surface area contributed by atoms with Crippen LogP contribution in [0.15, 0.2) is 0 Å². The van der Waals surface area contributed by atoms with Crippen LogP contribution < -0.4 is 0 Å². The normalized spacial score (nSPS) is 18.9. The maximum Gasteiger partial charge on any atom is 0.133 e. The summed E-state index contributed by atoms with van der Waals surface area (Å²) in [6.45, 7) is 6.39. The van der Waals surface area contributed by atoms with E-state index in [0.717, 1.165) is 18.8 Å². The van der Waals surface area contributed by atoms with Gasteiger partial charge in [-0.1, -0.05) is 40.0 Å². The molecule has 0 saturated heterocycles. The van der Waals surface area contributed by atoms with Gasteiger partial charge in [-0.2, -0.15) is 0 Å². The van der Waals surface area contributed by atoms with Gasteiger partial charge in [-0.25, -0.2) is 0 Å². The fraction of sp³-hybridized carbons (Fsp3) is 0.909. The highest BCUT2D eigenvalue weighted by Crippen LogP contribution is 2.31. The fourth-order valence-electron chi connectivity index (χ4n) is 1.68. The second-order valence-electron chi connectivity index (χ2n) is 5.28. The van der Waals surface area contributed by atoms with Crippen LogP contribution in [-0.4, -0.2) is 5.78 Å². The summed E-state index contributed by atoms with van der Waals surface area (Å²) in [5.74, 6) is 1.20. The van der Waals surface area contributed by atoms with Crippen LogP contribution in [0.25, 0.3) is 0 Å². The van der Waals surface area contributed by atoms with Gasteiger partial charge in [-0.3, -0.25) is 4.79 Å². The Bertz CT molecular complexity index is 160. The Labute approximate surface area is 75.5 Å². The van der Waals surface area contributed by atoms with Gasteiger partial charge in [-0.15, -0.1) is 0 Å². The van der Waals surface area contributed by atoms with Crippen LogP contribution in [-0.2, 0) is 4.79 Å². The van der Waals surface area contributed by atoms with Crippen molar-refractivity contribution < 1.29 is 4.79 Å². The Hall–Kier alpha value is -0.330. The van der Waals surface area contributed by atoms with Crippen LogP contribution in [0.2, 0.25) is 0 Å². The Morgan fingerprint density at radius 1 is 1.33 bits per heavy atom. The Kier molecular flexibility index (Phi) is 2.92. The molecule has 0 unspecified atom stereocenters. The van der Waals surface area contributed by atoms with Gasteiger partial charge >= 0.3 is 0 Å². The topological polar surface area (TPSA) is 17.1 Å². The SMILES string of the molecule is CC(C)(C)CC(=O)CC1CCC1. The van der Waals surface area contributed by atoms with Gasteiger partial charge in [0.1, 0.15) is 5.78 Å². The van der Waals surface area contributed by atoms with Crippen molar-refractivity contribution in [1.29, 1.82) is 0 Å². The van der Waals surface area contributed by atoms with Crippen molar-refractivity contribution in [2.75, 3.05) is 0 Å². The minimum Gasteiger partial charge on any atom is -0.300 e. The lowest BCUT2D eigenvalue weighted by molar-refractivity contribution is -0.122. The van der Waals surface area contributed by atoms with E-state index in [9.17, 15) is 4.79 Å². The molecule has 0 aromatic rings. The average molecular weight is 168 g/mol. The fourth-order valence-corrected chi connectivity index (χ4v) is 1.68. The highest BCUT2D eigenvalue weighted by Gasteiger charge is 2.23. The molecule has 1 saturated carbocycles.